The van der Waals surface area contributed by atoms with Crippen molar-refractivity contribution < 1.29 is 26.3 Å². The molecule has 2 aromatic carbocycles. The molecule has 0 unspecified atom stereocenters. The van der Waals surface area contributed by atoms with Crippen LogP contribution in [0.5, 0.6) is 5.75 Å². The van der Waals surface area contributed by atoms with Crippen LogP contribution in [0.2, 0.25) is 0 Å². The second kappa shape index (κ2) is 6.40. The van der Waals surface area contributed by atoms with Crippen LogP contribution in [0.1, 0.15) is 5.56 Å². The van der Waals surface area contributed by atoms with Crippen molar-refractivity contribution in [3.63, 3.8) is 0 Å². The maximum atomic E-state index is 12.9. The average Bonchev–Trinajstić information content (AvgIpc) is 2.46. The van der Waals surface area contributed by atoms with Crippen LogP contribution >= 0.6 is 15.9 Å². The van der Waals surface area contributed by atoms with Gasteiger partial charge in [0, 0.05) is 10.5 Å². The number of anilines is 1. The average molecular weight is 410 g/mol. The SMILES string of the molecule is COc1cccc(NS(=O)(=O)c2ccc(Br)c(C(F)(F)F)c2)c1. The maximum absolute atomic E-state index is 12.9. The van der Waals surface area contributed by atoms with E-state index in [9.17, 15) is 21.6 Å². The summed E-state index contributed by atoms with van der Waals surface area (Å²) in [7, 11) is -2.75. The van der Waals surface area contributed by atoms with E-state index in [1.807, 2.05) is 0 Å². The molecule has 2 aromatic rings. The molecule has 124 valence electrons. The van der Waals surface area contributed by atoms with Gasteiger partial charge in [0.2, 0.25) is 0 Å². The zero-order valence-corrected chi connectivity index (χ0v) is 14.1. The number of sulfonamides is 1. The molecule has 0 saturated heterocycles. The highest BCUT2D eigenvalue weighted by molar-refractivity contribution is 9.10. The molecule has 0 atom stereocenters. The number of hydrogen-bond donors (Lipinski definition) is 1. The molecule has 0 spiro atoms. The third kappa shape index (κ3) is 4.17. The summed E-state index contributed by atoms with van der Waals surface area (Å²) in [6.07, 6.45) is -4.67. The Morgan fingerprint density at radius 1 is 1.13 bits per heavy atom. The molecule has 0 aliphatic heterocycles. The first-order valence-electron chi connectivity index (χ1n) is 6.17. The Bertz CT molecular complexity index is 822. The lowest BCUT2D eigenvalue weighted by atomic mass is 10.2. The molecule has 0 bridgehead atoms. The number of alkyl halides is 3. The fraction of sp³-hybridized carbons (Fsp3) is 0.143. The van der Waals surface area contributed by atoms with Gasteiger partial charge in [0.1, 0.15) is 5.75 Å². The molecule has 0 fully saturated rings. The fourth-order valence-electron chi connectivity index (χ4n) is 1.79. The smallest absolute Gasteiger partial charge is 0.417 e. The molecule has 4 nitrogen and oxygen atoms in total. The van der Waals surface area contributed by atoms with E-state index in [1.165, 1.54) is 19.2 Å². The van der Waals surface area contributed by atoms with Crippen molar-refractivity contribution in [2.24, 2.45) is 0 Å². The minimum atomic E-state index is -4.67. The summed E-state index contributed by atoms with van der Waals surface area (Å²) in [5.41, 5.74) is -0.883. The van der Waals surface area contributed by atoms with Gasteiger partial charge >= 0.3 is 6.18 Å². The van der Waals surface area contributed by atoms with Crippen molar-refractivity contribution in [1.29, 1.82) is 0 Å². The van der Waals surface area contributed by atoms with Crippen LogP contribution in [-0.2, 0) is 16.2 Å². The van der Waals surface area contributed by atoms with Crippen molar-refractivity contribution in [3.05, 3.63) is 52.5 Å². The van der Waals surface area contributed by atoms with Crippen LogP contribution in [0, 0.1) is 0 Å². The van der Waals surface area contributed by atoms with E-state index in [4.69, 9.17) is 4.74 Å². The van der Waals surface area contributed by atoms with Gasteiger partial charge in [-0.2, -0.15) is 13.2 Å². The van der Waals surface area contributed by atoms with Crippen molar-refractivity contribution >= 4 is 31.6 Å². The lowest BCUT2D eigenvalue weighted by molar-refractivity contribution is -0.138. The zero-order valence-electron chi connectivity index (χ0n) is 11.7. The number of halogens is 4. The molecule has 1 N–H and O–H groups in total. The molecule has 0 heterocycles. The second-order valence-electron chi connectivity index (χ2n) is 4.48. The molecule has 0 saturated carbocycles. The molecular weight excluding hydrogens is 399 g/mol. The van der Waals surface area contributed by atoms with Gasteiger partial charge in [-0.15, -0.1) is 0 Å². The highest BCUT2D eigenvalue weighted by Gasteiger charge is 2.34. The Hall–Kier alpha value is -1.74. The van der Waals surface area contributed by atoms with Crippen molar-refractivity contribution in [3.8, 4) is 5.75 Å². The quantitative estimate of drug-likeness (QED) is 0.819. The van der Waals surface area contributed by atoms with E-state index in [0.29, 0.717) is 11.8 Å². The van der Waals surface area contributed by atoms with Gasteiger partial charge in [-0.25, -0.2) is 8.42 Å². The summed E-state index contributed by atoms with van der Waals surface area (Å²) < 4.78 is 70.1. The van der Waals surface area contributed by atoms with Crippen molar-refractivity contribution in [2.75, 3.05) is 11.8 Å². The van der Waals surface area contributed by atoms with E-state index in [1.54, 1.807) is 12.1 Å². The highest BCUT2D eigenvalue weighted by Crippen LogP contribution is 2.36. The minimum absolute atomic E-state index is 0.181. The summed E-state index contributed by atoms with van der Waals surface area (Å²) in [4.78, 5) is -0.490. The van der Waals surface area contributed by atoms with Crippen LogP contribution < -0.4 is 9.46 Å². The maximum Gasteiger partial charge on any atom is 0.417 e. The van der Waals surface area contributed by atoms with E-state index in [0.717, 1.165) is 12.1 Å². The third-order valence-corrected chi connectivity index (χ3v) is 4.95. The van der Waals surface area contributed by atoms with Gasteiger partial charge in [-0.05, 0) is 30.3 Å². The predicted octanol–water partition coefficient (Wildman–Crippen LogP) is 4.28. The van der Waals surface area contributed by atoms with Crippen molar-refractivity contribution in [1.82, 2.24) is 0 Å². The summed E-state index contributed by atoms with van der Waals surface area (Å²) in [6.45, 7) is 0. The molecule has 0 aliphatic carbocycles. The number of ether oxygens (including phenoxy) is 1. The number of hydrogen-bond acceptors (Lipinski definition) is 3. The fourth-order valence-corrected chi connectivity index (χ4v) is 3.34. The lowest BCUT2D eigenvalue weighted by Crippen LogP contribution is -2.15. The summed E-state index contributed by atoms with van der Waals surface area (Å²) >= 11 is 2.77. The molecule has 2 rings (SSSR count). The van der Waals surface area contributed by atoms with Gasteiger partial charge in [0.15, 0.2) is 0 Å². The van der Waals surface area contributed by atoms with Crippen LogP contribution in [0.4, 0.5) is 18.9 Å². The van der Waals surface area contributed by atoms with E-state index >= 15 is 0 Å². The third-order valence-electron chi connectivity index (χ3n) is 2.88. The normalized spacial score (nSPS) is 12.0. The molecule has 0 radical (unpaired) electrons. The number of benzene rings is 2. The van der Waals surface area contributed by atoms with Crippen LogP contribution in [0.3, 0.4) is 0 Å². The Morgan fingerprint density at radius 3 is 2.43 bits per heavy atom. The van der Waals surface area contributed by atoms with Crippen molar-refractivity contribution in [2.45, 2.75) is 11.1 Å². The Morgan fingerprint density at radius 2 is 1.83 bits per heavy atom. The minimum Gasteiger partial charge on any atom is -0.497 e. The summed E-state index contributed by atoms with van der Waals surface area (Å²) in [5, 5.41) is 0. The van der Waals surface area contributed by atoms with E-state index in [2.05, 4.69) is 20.7 Å². The summed E-state index contributed by atoms with van der Waals surface area (Å²) in [5.74, 6) is 0.414. The predicted molar refractivity (Wildman–Crippen MR) is 82.9 cm³/mol. The largest absolute Gasteiger partial charge is 0.497 e. The molecule has 9 heteroatoms. The van der Waals surface area contributed by atoms with Gasteiger partial charge in [-0.3, -0.25) is 4.72 Å². The lowest BCUT2D eigenvalue weighted by Gasteiger charge is -2.13. The number of rotatable bonds is 4. The molecule has 23 heavy (non-hydrogen) atoms. The Kier molecular flexibility index (Phi) is 4.90. The van der Waals surface area contributed by atoms with Crippen LogP contribution in [0.15, 0.2) is 51.8 Å². The number of nitrogens with one attached hydrogen (secondary N) is 1. The first kappa shape index (κ1) is 17.6. The monoisotopic (exact) mass is 409 g/mol. The summed E-state index contributed by atoms with van der Waals surface area (Å²) in [6, 6.07) is 8.75. The first-order chi connectivity index (χ1) is 10.6. The molecular formula is C14H11BrF3NO3S. The molecule has 0 amide bonds. The standard InChI is InChI=1S/C14H11BrF3NO3S/c1-22-10-4-2-3-9(7-10)19-23(20,21)11-5-6-13(15)12(8-11)14(16,17)18/h2-8,19H,1H3. The zero-order chi connectivity index (χ0) is 17.3. The highest BCUT2D eigenvalue weighted by atomic mass is 79.9. The Labute approximate surface area is 139 Å². The van der Waals surface area contributed by atoms with Gasteiger partial charge in [0.25, 0.3) is 10.0 Å². The second-order valence-corrected chi connectivity index (χ2v) is 7.01. The number of methoxy groups -OCH3 is 1. The van der Waals surface area contributed by atoms with Gasteiger partial charge in [0.05, 0.1) is 23.3 Å². The van der Waals surface area contributed by atoms with E-state index in [-0.39, 0.29) is 10.2 Å². The van der Waals surface area contributed by atoms with Crippen LogP contribution in [-0.4, -0.2) is 15.5 Å². The molecule has 0 aliphatic rings. The van der Waals surface area contributed by atoms with E-state index < -0.39 is 26.7 Å². The van der Waals surface area contributed by atoms with Gasteiger partial charge in [-0.1, -0.05) is 22.0 Å². The topological polar surface area (TPSA) is 55.4 Å². The van der Waals surface area contributed by atoms with Crippen LogP contribution in [0.25, 0.3) is 0 Å². The molecule has 0 aromatic heterocycles. The van der Waals surface area contributed by atoms with Gasteiger partial charge < -0.3 is 4.74 Å². The first-order valence-corrected chi connectivity index (χ1v) is 8.45. The Balaban J connectivity index is 2.40.